The topological polar surface area (TPSA) is 21.3 Å². The Kier molecular flexibility index (Phi) is 6.32. The van der Waals surface area contributed by atoms with Crippen molar-refractivity contribution >= 4 is 0 Å². The molecule has 0 heterocycles. The van der Waals surface area contributed by atoms with Crippen molar-refractivity contribution in [1.29, 1.82) is 0 Å². The van der Waals surface area contributed by atoms with Crippen LogP contribution in [-0.2, 0) is 0 Å². The van der Waals surface area contributed by atoms with Gasteiger partial charge in [-0.2, -0.15) is 0 Å². The molecule has 1 N–H and O–H groups in total. The van der Waals surface area contributed by atoms with Crippen LogP contribution >= 0.6 is 0 Å². The first-order valence-corrected chi connectivity index (χ1v) is 6.57. The minimum atomic E-state index is 0.202. The predicted octanol–water partition coefficient (Wildman–Crippen LogP) is 3.54. The van der Waals surface area contributed by atoms with Crippen molar-refractivity contribution in [1.82, 2.24) is 5.32 Å². The summed E-state index contributed by atoms with van der Waals surface area (Å²) in [6.45, 7) is 9.00. The van der Waals surface area contributed by atoms with E-state index in [0.29, 0.717) is 0 Å². The summed E-state index contributed by atoms with van der Waals surface area (Å²) >= 11 is 0. The zero-order valence-corrected chi connectivity index (χ0v) is 11.8. The van der Waals surface area contributed by atoms with E-state index in [1.807, 2.05) is 32.9 Å². The molecule has 0 aliphatic carbocycles. The second-order valence-electron chi connectivity index (χ2n) is 4.48. The van der Waals surface area contributed by atoms with E-state index >= 15 is 0 Å². The van der Waals surface area contributed by atoms with Gasteiger partial charge in [-0.25, -0.2) is 0 Å². The van der Waals surface area contributed by atoms with Crippen molar-refractivity contribution < 1.29 is 4.74 Å². The molecule has 0 aromatic heterocycles. The van der Waals surface area contributed by atoms with Gasteiger partial charge >= 0.3 is 0 Å². The van der Waals surface area contributed by atoms with Crippen LogP contribution in [0.25, 0.3) is 0 Å². The normalized spacial score (nSPS) is 11.8. The third-order valence-corrected chi connectivity index (χ3v) is 2.57. The smallest absolute Gasteiger partial charge is 0.120 e. The fraction of sp³-hybridized carbons (Fsp3) is 0.500. The van der Waals surface area contributed by atoms with E-state index in [0.717, 1.165) is 18.7 Å². The Labute approximate surface area is 111 Å². The number of rotatable bonds is 6. The summed E-state index contributed by atoms with van der Waals surface area (Å²) in [5.41, 5.74) is 1.23. The SMILES string of the molecule is CC#CCC(NCC)c1cccc(OC(C)C)c1. The van der Waals surface area contributed by atoms with Gasteiger partial charge in [0.05, 0.1) is 6.10 Å². The zero-order valence-electron chi connectivity index (χ0n) is 11.8. The quantitative estimate of drug-likeness (QED) is 0.774. The molecule has 1 aromatic rings. The Morgan fingerprint density at radius 1 is 1.33 bits per heavy atom. The highest BCUT2D eigenvalue weighted by Crippen LogP contribution is 2.22. The van der Waals surface area contributed by atoms with Crippen LogP contribution in [0.15, 0.2) is 24.3 Å². The molecule has 0 spiro atoms. The summed E-state index contributed by atoms with van der Waals surface area (Å²) in [5.74, 6) is 7.02. The molecule has 0 aliphatic heterocycles. The van der Waals surface area contributed by atoms with Crippen molar-refractivity contribution in [3.8, 4) is 17.6 Å². The molecule has 18 heavy (non-hydrogen) atoms. The lowest BCUT2D eigenvalue weighted by Crippen LogP contribution is -2.20. The molecular weight excluding hydrogens is 222 g/mol. The molecule has 2 heteroatoms. The van der Waals surface area contributed by atoms with E-state index in [1.165, 1.54) is 5.56 Å². The molecule has 1 rings (SSSR count). The van der Waals surface area contributed by atoms with Gasteiger partial charge in [0.15, 0.2) is 0 Å². The Balaban J connectivity index is 2.85. The van der Waals surface area contributed by atoms with Crippen LogP contribution in [0.5, 0.6) is 5.75 Å². The zero-order chi connectivity index (χ0) is 13.4. The van der Waals surface area contributed by atoms with Crippen LogP contribution in [0.3, 0.4) is 0 Å². The van der Waals surface area contributed by atoms with Gasteiger partial charge in [-0.1, -0.05) is 19.1 Å². The molecule has 0 fully saturated rings. The van der Waals surface area contributed by atoms with Crippen LogP contribution in [0, 0.1) is 11.8 Å². The lowest BCUT2D eigenvalue weighted by atomic mass is 10.0. The van der Waals surface area contributed by atoms with Crippen LogP contribution in [-0.4, -0.2) is 12.6 Å². The second kappa shape index (κ2) is 7.79. The Bertz CT molecular complexity index is 415. The van der Waals surface area contributed by atoms with Gasteiger partial charge < -0.3 is 10.1 Å². The third kappa shape index (κ3) is 4.81. The van der Waals surface area contributed by atoms with E-state index in [-0.39, 0.29) is 12.1 Å². The van der Waals surface area contributed by atoms with E-state index in [4.69, 9.17) is 4.74 Å². The highest BCUT2D eigenvalue weighted by molar-refractivity contribution is 5.31. The van der Waals surface area contributed by atoms with Gasteiger partial charge in [0.25, 0.3) is 0 Å². The van der Waals surface area contributed by atoms with Gasteiger partial charge in [0.1, 0.15) is 5.75 Å². The summed E-state index contributed by atoms with van der Waals surface area (Å²) in [5, 5.41) is 3.46. The maximum absolute atomic E-state index is 5.72. The number of ether oxygens (including phenoxy) is 1. The number of benzene rings is 1. The number of hydrogen-bond donors (Lipinski definition) is 1. The average Bonchev–Trinajstić information content (AvgIpc) is 2.34. The monoisotopic (exact) mass is 245 g/mol. The van der Waals surface area contributed by atoms with Gasteiger partial charge in [-0.3, -0.25) is 0 Å². The molecule has 0 aliphatic rings. The first-order valence-electron chi connectivity index (χ1n) is 6.57. The maximum Gasteiger partial charge on any atom is 0.120 e. The molecule has 1 atom stereocenters. The lowest BCUT2D eigenvalue weighted by Gasteiger charge is -2.17. The molecule has 1 aromatic carbocycles. The average molecular weight is 245 g/mol. The summed E-state index contributed by atoms with van der Waals surface area (Å²) < 4.78 is 5.72. The van der Waals surface area contributed by atoms with Crippen molar-refractivity contribution in [3.05, 3.63) is 29.8 Å². The summed E-state index contributed by atoms with van der Waals surface area (Å²) in [6, 6.07) is 8.54. The van der Waals surface area contributed by atoms with Crippen molar-refractivity contribution in [3.63, 3.8) is 0 Å². The molecule has 0 amide bonds. The Hall–Kier alpha value is -1.46. The standard InChI is InChI=1S/C16H23NO/c1-5-7-11-16(17-6-2)14-9-8-10-15(12-14)18-13(3)4/h8-10,12-13,16-17H,6,11H2,1-4H3. The maximum atomic E-state index is 5.72. The molecule has 0 bridgehead atoms. The minimum Gasteiger partial charge on any atom is -0.491 e. The summed E-state index contributed by atoms with van der Waals surface area (Å²) in [7, 11) is 0. The fourth-order valence-corrected chi connectivity index (χ4v) is 1.84. The molecule has 0 saturated heterocycles. The van der Waals surface area contributed by atoms with Crippen LogP contribution in [0.2, 0.25) is 0 Å². The van der Waals surface area contributed by atoms with Crippen molar-refractivity contribution in [2.45, 2.75) is 46.3 Å². The van der Waals surface area contributed by atoms with E-state index in [1.54, 1.807) is 0 Å². The van der Waals surface area contributed by atoms with E-state index in [2.05, 4.69) is 36.2 Å². The minimum absolute atomic E-state index is 0.202. The van der Waals surface area contributed by atoms with Gasteiger partial charge in [-0.05, 0) is 45.0 Å². The summed E-state index contributed by atoms with van der Waals surface area (Å²) in [6.07, 6.45) is 1.03. The third-order valence-electron chi connectivity index (χ3n) is 2.57. The van der Waals surface area contributed by atoms with E-state index in [9.17, 15) is 0 Å². The second-order valence-corrected chi connectivity index (χ2v) is 4.48. The first kappa shape index (κ1) is 14.6. The van der Waals surface area contributed by atoms with Crippen LogP contribution in [0.4, 0.5) is 0 Å². The summed E-state index contributed by atoms with van der Waals surface area (Å²) in [4.78, 5) is 0. The number of hydrogen-bond acceptors (Lipinski definition) is 2. The molecular formula is C16H23NO. The molecule has 0 radical (unpaired) electrons. The van der Waals surface area contributed by atoms with Crippen LogP contribution in [0.1, 0.15) is 45.7 Å². The van der Waals surface area contributed by atoms with Gasteiger partial charge in [-0.15, -0.1) is 11.8 Å². The predicted molar refractivity (Wildman–Crippen MR) is 76.7 cm³/mol. The highest BCUT2D eigenvalue weighted by Gasteiger charge is 2.10. The number of nitrogens with one attached hydrogen (secondary N) is 1. The van der Waals surface area contributed by atoms with E-state index < -0.39 is 0 Å². The largest absolute Gasteiger partial charge is 0.491 e. The molecule has 1 unspecified atom stereocenters. The first-order chi connectivity index (χ1) is 8.67. The highest BCUT2D eigenvalue weighted by atomic mass is 16.5. The lowest BCUT2D eigenvalue weighted by molar-refractivity contribution is 0.242. The Morgan fingerprint density at radius 3 is 2.72 bits per heavy atom. The van der Waals surface area contributed by atoms with Gasteiger partial charge in [0.2, 0.25) is 0 Å². The van der Waals surface area contributed by atoms with Gasteiger partial charge in [0, 0.05) is 12.5 Å². The molecule has 98 valence electrons. The molecule has 0 saturated carbocycles. The fourth-order valence-electron chi connectivity index (χ4n) is 1.84. The van der Waals surface area contributed by atoms with Crippen LogP contribution < -0.4 is 10.1 Å². The molecule has 2 nitrogen and oxygen atoms in total. The van der Waals surface area contributed by atoms with Crippen molar-refractivity contribution in [2.24, 2.45) is 0 Å². The van der Waals surface area contributed by atoms with Crippen molar-refractivity contribution in [2.75, 3.05) is 6.54 Å². The Morgan fingerprint density at radius 2 is 2.11 bits per heavy atom.